The number of rotatable bonds is 4. The van der Waals surface area contributed by atoms with Crippen molar-refractivity contribution in [3.63, 3.8) is 0 Å². The zero-order valence-corrected chi connectivity index (χ0v) is 13.1. The molecule has 3 heteroatoms. The normalized spacial score (nSPS) is 19.1. The molecule has 1 amide bonds. The van der Waals surface area contributed by atoms with Crippen molar-refractivity contribution >= 4 is 5.91 Å². The van der Waals surface area contributed by atoms with E-state index < -0.39 is 0 Å². The first-order valence-electron chi connectivity index (χ1n) is 7.44. The highest BCUT2D eigenvalue weighted by Crippen LogP contribution is 2.23. The van der Waals surface area contributed by atoms with E-state index in [1.165, 1.54) is 25.9 Å². The summed E-state index contributed by atoms with van der Waals surface area (Å²) in [5.74, 6) is 1.42. The quantitative estimate of drug-likeness (QED) is 0.839. The zero-order valence-electron chi connectivity index (χ0n) is 13.1. The third kappa shape index (κ3) is 7.00. The fraction of sp³-hybridized carbons (Fsp3) is 0.933. The molecule has 0 saturated carbocycles. The van der Waals surface area contributed by atoms with Gasteiger partial charge in [0.2, 0.25) is 5.91 Å². The second-order valence-corrected chi connectivity index (χ2v) is 5.53. The number of likely N-dealkylation sites (tertiary alicyclic amines) is 1. The van der Waals surface area contributed by atoms with Crippen molar-refractivity contribution in [3.8, 4) is 0 Å². The number of amides is 1. The maximum Gasteiger partial charge on any atom is 0.217 e. The van der Waals surface area contributed by atoms with Gasteiger partial charge in [-0.15, -0.1) is 0 Å². The molecule has 1 unspecified atom stereocenters. The predicted molar refractivity (Wildman–Crippen MR) is 78.6 cm³/mol. The number of carbonyl (C=O) groups is 1. The van der Waals surface area contributed by atoms with Gasteiger partial charge >= 0.3 is 0 Å². The molecule has 1 aliphatic heterocycles. The Morgan fingerprint density at radius 3 is 2.17 bits per heavy atom. The van der Waals surface area contributed by atoms with Crippen LogP contribution in [0.15, 0.2) is 0 Å². The molecule has 108 valence electrons. The van der Waals surface area contributed by atoms with Crippen LogP contribution in [-0.4, -0.2) is 37.0 Å². The summed E-state index contributed by atoms with van der Waals surface area (Å²) in [6, 6.07) is 0.353. The van der Waals surface area contributed by atoms with E-state index >= 15 is 0 Å². The van der Waals surface area contributed by atoms with Crippen LogP contribution in [0.1, 0.15) is 53.9 Å². The highest BCUT2D eigenvalue weighted by atomic mass is 16.1. The fourth-order valence-electron chi connectivity index (χ4n) is 2.42. The van der Waals surface area contributed by atoms with Gasteiger partial charge < -0.3 is 10.2 Å². The van der Waals surface area contributed by atoms with Crippen LogP contribution in [0.25, 0.3) is 0 Å². The molecule has 1 atom stereocenters. The van der Waals surface area contributed by atoms with Crippen LogP contribution in [0.5, 0.6) is 0 Å². The molecule has 1 saturated heterocycles. The third-order valence-corrected chi connectivity index (χ3v) is 3.62. The highest BCUT2D eigenvalue weighted by molar-refractivity contribution is 5.73. The topological polar surface area (TPSA) is 32.3 Å². The molecular formula is C15H32N2O. The largest absolute Gasteiger partial charge is 0.353 e. The molecule has 1 fully saturated rings. The van der Waals surface area contributed by atoms with Gasteiger partial charge in [0.25, 0.3) is 0 Å². The predicted octanol–water partition coefficient (Wildman–Crippen LogP) is 2.91. The Hall–Kier alpha value is -0.570. The van der Waals surface area contributed by atoms with Crippen LogP contribution in [0.2, 0.25) is 0 Å². The Labute approximate surface area is 113 Å². The van der Waals surface area contributed by atoms with Crippen molar-refractivity contribution in [3.05, 3.63) is 0 Å². The summed E-state index contributed by atoms with van der Waals surface area (Å²) < 4.78 is 0. The number of carbonyl (C=O) groups excluding carboxylic acids is 1. The van der Waals surface area contributed by atoms with E-state index in [9.17, 15) is 4.79 Å². The van der Waals surface area contributed by atoms with Gasteiger partial charge in [0.05, 0.1) is 0 Å². The van der Waals surface area contributed by atoms with Crippen LogP contribution in [-0.2, 0) is 4.79 Å². The van der Waals surface area contributed by atoms with Gasteiger partial charge in [-0.2, -0.15) is 0 Å². The van der Waals surface area contributed by atoms with Gasteiger partial charge in [-0.25, -0.2) is 0 Å². The fourth-order valence-corrected chi connectivity index (χ4v) is 2.42. The minimum Gasteiger partial charge on any atom is -0.353 e. The zero-order chi connectivity index (χ0) is 14.1. The van der Waals surface area contributed by atoms with Crippen LogP contribution in [0, 0.1) is 11.8 Å². The molecule has 1 rings (SSSR count). The first-order chi connectivity index (χ1) is 8.49. The molecule has 0 aliphatic carbocycles. The summed E-state index contributed by atoms with van der Waals surface area (Å²) in [5.41, 5.74) is 0. The van der Waals surface area contributed by atoms with Gasteiger partial charge in [0.15, 0.2) is 0 Å². The van der Waals surface area contributed by atoms with Gasteiger partial charge in [-0.05, 0) is 51.2 Å². The summed E-state index contributed by atoms with van der Waals surface area (Å²) in [6.07, 6.45) is 3.70. The molecule has 18 heavy (non-hydrogen) atoms. The summed E-state index contributed by atoms with van der Waals surface area (Å²) in [5, 5.41) is 3.09. The molecule has 0 aromatic carbocycles. The van der Waals surface area contributed by atoms with Crippen LogP contribution < -0.4 is 5.32 Å². The van der Waals surface area contributed by atoms with Crippen molar-refractivity contribution in [2.24, 2.45) is 11.8 Å². The minimum absolute atomic E-state index is 0.103. The van der Waals surface area contributed by atoms with Crippen molar-refractivity contribution in [1.82, 2.24) is 10.2 Å². The van der Waals surface area contributed by atoms with Gasteiger partial charge in [0, 0.05) is 13.0 Å². The lowest BCUT2D eigenvalue weighted by atomic mass is 9.86. The lowest BCUT2D eigenvalue weighted by Crippen LogP contribution is -2.40. The maximum absolute atomic E-state index is 11.1. The van der Waals surface area contributed by atoms with E-state index in [0.717, 1.165) is 12.3 Å². The van der Waals surface area contributed by atoms with Crippen molar-refractivity contribution in [1.29, 1.82) is 0 Å². The lowest BCUT2D eigenvalue weighted by molar-refractivity contribution is -0.120. The molecular weight excluding hydrogens is 224 g/mol. The molecule has 0 spiro atoms. The molecule has 1 N–H and O–H groups in total. The lowest BCUT2D eigenvalue weighted by Gasteiger charge is -2.32. The average molecular weight is 256 g/mol. The second kappa shape index (κ2) is 9.37. The van der Waals surface area contributed by atoms with E-state index in [1.807, 2.05) is 13.8 Å². The molecule has 3 nitrogen and oxygen atoms in total. The molecule has 0 aromatic heterocycles. The van der Waals surface area contributed by atoms with E-state index in [0.29, 0.717) is 12.0 Å². The molecule has 0 radical (unpaired) electrons. The van der Waals surface area contributed by atoms with Crippen LogP contribution >= 0.6 is 0 Å². The Balaban J connectivity index is 0.00000137. The molecule has 1 heterocycles. The molecule has 0 aromatic rings. The Bertz CT molecular complexity index is 221. The van der Waals surface area contributed by atoms with E-state index in [2.05, 4.69) is 31.1 Å². The smallest absolute Gasteiger partial charge is 0.217 e. The number of nitrogens with one attached hydrogen (secondary N) is 1. The Kier molecular flexibility index (Phi) is 9.08. The average Bonchev–Trinajstić information content (AvgIpc) is 2.33. The van der Waals surface area contributed by atoms with E-state index in [4.69, 9.17) is 0 Å². The van der Waals surface area contributed by atoms with Crippen molar-refractivity contribution in [2.45, 2.75) is 59.9 Å². The van der Waals surface area contributed by atoms with E-state index in [-0.39, 0.29) is 5.91 Å². The SMILES string of the molecule is CC.CC(=O)NC(CC1CCN(C)CC1)C(C)C. The Morgan fingerprint density at radius 1 is 1.28 bits per heavy atom. The number of piperidine rings is 1. The second-order valence-electron chi connectivity index (χ2n) is 5.53. The first-order valence-corrected chi connectivity index (χ1v) is 7.44. The monoisotopic (exact) mass is 256 g/mol. The van der Waals surface area contributed by atoms with E-state index in [1.54, 1.807) is 6.92 Å². The van der Waals surface area contributed by atoms with Gasteiger partial charge in [0.1, 0.15) is 0 Å². The van der Waals surface area contributed by atoms with Crippen LogP contribution in [0.4, 0.5) is 0 Å². The number of hydrogen-bond donors (Lipinski definition) is 1. The van der Waals surface area contributed by atoms with Crippen molar-refractivity contribution < 1.29 is 4.79 Å². The summed E-state index contributed by atoms with van der Waals surface area (Å²) >= 11 is 0. The van der Waals surface area contributed by atoms with Crippen LogP contribution in [0.3, 0.4) is 0 Å². The first kappa shape index (κ1) is 17.4. The minimum atomic E-state index is 0.103. The summed E-state index contributed by atoms with van der Waals surface area (Å²) in [6.45, 7) is 12.4. The highest BCUT2D eigenvalue weighted by Gasteiger charge is 2.23. The van der Waals surface area contributed by atoms with Crippen molar-refractivity contribution in [2.75, 3.05) is 20.1 Å². The number of nitrogens with zero attached hydrogens (tertiary/aromatic N) is 1. The Morgan fingerprint density at radius 2 is 1.78 bits per heavy atom. The maximum atomic E-state index is 11.1. The standard InChI is InChI=1S/C13H26N2O.C2H6/c1-10(2)13(14-11(3)16)9-12-5-7-15(4)8-6-12;1-2/h10,12-13H,5-9H2,1-4H3,(H,14,16);1-2H3. The van der Waals surface area contributed by atoms with Gasteiger partial charge in [-0.1, -0.05) is 27.7 Å². The summed E-state index contributed by atoms with van der Waals surface area (Å²) in [7, 11) is 2.18. The third-order valence-electron chi connectivity index (χ3n) is 3.62. The summed E-state index contributed by atoms with van der Waals surface area (Å²) in [4.78, 5) is 13.5. The van der Waals surface area contributed by atoms with Gasteiger partial charge in [-0.3, -0.25) is 4.79 Å². The number of hydrogen-bond acceptors (Lipinski definition) is 2. The molecule has 0 bridgehead atoms. The molecule has 1 aliphatic rings.